The first kappa shape index (κ1) is 23.3. The number of guanidine groups is 1. The van der Waals surface area contributed by atoms with Crippen LogP contribution in [0.1, 0.15) is 25.0 Å². The molecule has 1 heterocycles. The number of aliphatic hydroxyl groups is 1. The van der Waals surface area contributed by atoms with Gasteiger partial charge < -0.3 is 20.5 Å². The SMILES string of the molecule is CCNC(=NCC(O)c1ccc(OC(F)F)cc1)NCC1CCN(S(C)(=O)=O)C1. The number of alkyl halides is 2. The first-order chi connectivity index (χ1) is 13.7. The topological polar surface area (TPSA) is 103 Å². The van der Waals surface area contributed by atoms with Crippen LogP contribution in [-0.2, 0) is 10.0 Å². The van der Waals surface area contributed by atoms with Crippen molar-refractivity contribution in [1.82, 2.24) is 14.9 Å². The standard InChI is InChI=1S/C18H28F2N4O4S/c1-3-21-18(22-10-13-8-9-24(12-13)29(2,26)27)23-11-16(25)14-4-6-15(7-5-14)28-17(19)20/h4-7,13,16-17,25H,3,8-12H2,1-2H3,(H2,21,22,23). The third-order valence-electron chi connectivity index (χ3n) is 4.53. The predicted molar refractivity (Wildman–Crippen MR) is 107 cm³/mol. The normalized spacial score (nSPS) is 19.4. The molecule has 1 aliphatic rings. The number of aliphatic imine (C=N–C) groups is 1. The van der Waals surface area contributed by atoms with Crippen molar-refractivity contribution < 1.29 is 27.0 Å². The van der Waals surface area contributed by atoms with Crippen LogP contribution in [0.4, 0.5) is 8.78 Å². The second-order valence-electron chi connectivity index (χ2n) is 6.84. The molecule has 0 aromatic heterocycles. The van der Waals surface area contributed by atoms with Crippen LogP contribution in [0.25, 0.3) is 0 Å². The Bertz CT molecular complexity index is 775. The van der Waals surface area contributed by atoms with Crippen LogP contribution >= 0.6 is 0 Å². The van der Waals surface area contributed by atoms with Crippen molar-refractivity contribution in [3.8, 4) is 5.75 Å². The van der Waals surface area contributed by atoms with Crippen molar-refractivity contribution >= 4 is 16.0 Å². The molecule has 2 rings (SSSR count). The minimum absolute atomic E-state index is 0.0224. The molecule has 11 heteroatoms. The molecule has 1 aliphatic heterocycles. The monoisotopic (exact) mass is 434 g/mol. The summed E-state index contributed by atoms with van der Waals surface area (Å²) in [6.45, 7) is 1.27. The summed E-state index contributed by atoms with van der Waals surface area (Å²) in [7, 11) is -3.17. The number of rotatable bonds is 9. The van der Waals surface area contributed by atoms with Crippen molar-refractivity contribution in [2.45, 2.75) is 26.1 Å². The third kappa shape index (κ3) is 7.75. The average Bonchev–Trinajstić information content (AvgIpc) is 3.13. The van der Waals surface area contributed by atoms with Crippen molar-refractivity contribution in [3.05, 3.63) is 29.8 Å². The Hall–Kier alpha value is -1.98. The van der Waals surface area contributed by atoms with E-state index in [9.17, 15) is 22.3 Å². The summed E-state index contributed by atoms with van der Waals surface area (Å²) < 4.78 is 53.3. The molecule has 164 valence electrons. The van der Waals surface area contributed by atoms with Crippen LogP contribution in [0, 0.1) is 5.92 Å². The highest BCUT2D eigenvalue weighted by Gasteiger charge is 2.28. The highest BCUT2D eigenvalue weighted by Crippen LogP contribution is 2.20. The summed E-state index contributed by atoms with van der Waals surface area (Å²) >= 11 is 0. The molecule has 1 fully saturated rings. The zero-order chi connectivity index (χ0) is 21.4. The number of nitrogens with one attached hydrogen (secondary N) is 2. The number of nitrogens with zero attached hydrogens (tertiary/aromatic N) is 2. The van der Waals surface area contributed by atoms with E-state index in [0.29, 0.717) is 37.7 Å². The fraction of sp³-hybridized carbons (Fsp3) is 0.611. The van der Waals surface area contributed by atoms with Crippen LogP contribution in [0.2, 0.25) is 0 Å². The lowest BCUT2D eigenvalue weighted by atomic mass is 10.1. The van der Waals surface area contributed by atoms with E-state index in [-0.39, 0.29) is 18.2 Å². The quantitative estimate of drug-likeness (QED) is 0.398. The summed E-state index contributed by atoms with van der Waals surface area (Å²) in [6, 6.07) is 5.75. The van der Waals surface area contributed by atoms with Crippen molar-refractivity contribution in [3.63, 3.8) is 0 Å². The predicted octanol–water partition coefficient (Wildman–Crippen LogP) is 1.16. The lowest BCUT2D eigenvalue weighted by Gasteiger charge is -2.17. The lowest BCUT2D eigenvalue weighted by Crippen LogP contribution is -2.40. The maximum atomic E-state index is 12.2. The molecular formula is C18H28F2N4O4S. The van der Waals surface area contributed by atoms with Gasteiger partial charge in [-0.2, -0.15) is 8.78 Å². The maximum absolute atomic E-state index is 12.2. The molecule has 0 aliphatic carbocycles. The number of sulfonamides is 1. The molecule has 0 spiro atoms. The van der Waals surface area contributed by atoms with Crippen LogP contribution in [0.3, 0.4) is 0 Å². The highest BCUT2D eigenvalue weighted by molar-refractivity contribution is 7.88. The van der Waals surface area contributed by atoms with Gasteiger partial charge in [0.05, 0.1) is 18.9 Å². The first-order valence-electron chi connectivity index (χ1n) is 9.39. The zero-order valence-electron chi connectivity index (χ0n) is 16.5. The Balaban J connectivity index is 1.88. The molecule has 0 saturated carbocycles. The summed E-state index contributed by atoms with van der Waals surface area (Å²) in [5, 5.41) is 16.5. The molecule has 0 bridgehead atoms. The second kappa shape index (κ2) is 10.7. The van der Waals surface area contributed by atoms with Gasteiger partial charge in [-0.05, 0) is 37.0 Å². The molecular weight excluding hydrogens is 406 g/mol. The minimum atomic E-state index is -3.17. The molecule has 1 aromatic rings. The molecule has 29 heavy (non-hydrogen) atoms. The smallest absolute Gasteiger partial charge is 0.387 e. The molecule has 8 nitrogen and oxygen atoms in total. The summed E-state index contributed by atoms with van der Waals surface area (Å²) in [5.41, 5.74) is 0.533. The van der Waals surface area contributed by atoms with Gasteiger partial charge in [0, 0.05) is 26.2 Å². The zero-order valence-corrected chi connectivity index (χ0v) is 17.3. The highest BCUT2D eigenvalue weighted by atomic mass is 32.2. The van der Waals surface area contributed by atoms with Gasteiger partial charge in [0.2, 0.25) is 10.0 Å². The Labute approximate surface area is 170 Å². The van der Waals surface area contributed by atoms with E-state index in [1.807, 2.05) is 6.92 Å². The number of halogens is 2. The van der Waals surface area contributed by atoms with Gasteiger partial charge in [-0.3, -0.25) is 4.99 Å². The van der Waals surface area contributed by atoms with Gasteiger partial charge in [-0.15, -0.1) is 0 Å². The van der Waals surface area contributed by atoms with E-state index in [4.69, 9.17) is 0 Å². The molecule has 2 atom stereocenters. The van der Waals surface area contributed by atoms with Crippen molar-refractivity contribution in [1.29, 1.82) is 0 Å². The lowest BCUT2D eigenvalue weighted by molar-refractivity contribution is -0.0498. The van der Waals surface area contributed by atoms with Gasteiger partial charge >= 0.3 is 6.61 Å². The van der Waals surface area contributed by atoms with Gasteiger partial charge in [0.25, 0.3) is 0 Å². The van der Waals surface area contributed by atoms with E-state index >= 15 is 0 Å². The van der Waals surface area contributed by atoms with E-state index in [2.05, 4.69) is 20.4 Å². The van der Waals surface area contributed by atoms with Crippen molar-refractivity contribution in [2.75, 3.05) is 39.0 Å². The Kier molecular flexibility index (Phi) is 8.60. The molecule has 1 saturated heterocycles. The largest absolute Gasteiger partial charge is 0.435 e. The molecule has 1 aromatic carbocycles. The number of benzene rings is 1. The van der Waals surface area contributed by atoms with Gasteiger partial charge in [0.15, 0.2) is 5.96 Å². The first-order valence-corrected chi connectivity index (χ1v) is 11.2. The Morgan fingerprint density at radius 1 is 1.34 bits per heavy atom. The number of hydrogen-bond acceptors (Lipinski definition) is 5. The molecule has 2 unspecified atom stereocenters. The van der Waals surface area contributed by atoms with Gasteiger partial charge in [-0.1, -0.05) is 12.1 Å². The van der Waals surface area contributed by atoms with E-state index in [1.165, 1.54) is 34.8 Å². The summed E-state index contributed by atoms with van der Waals surface area (Å²) in [6.07, 6.45) is 1.08. The molecule has 3 N–H and O–H groups in total. The molecule has 0 amide bonds. The third-order valence-corrected chi connectivity index (χ3v) is 5.80. The summed E-state index contributed by atoms with van der Waals surface area (Å²) in [5.74, 6) is 0.719. The van der Waals surface area contributed by atoms with E-state index in [0.717, 1.165) is 6.42 Å². The van der Waals surface area contributed by atoms with Crippen molar-refractivity contribution in [2.24, 2.45) is 10.9 Å². The van der Waals surface area contributed by atoms with Gasteiger partial charge in [-0.25, -0.2) is 12.7 Å². The van der Waals surface area contributed by atoms with Crippen LogP contribution in [0.15, 0.2) is 29.3 Å². The van der Waals surface area contributed by atoms with E-state index in [1.54, 1.807) is 0 Å². The molecule has 0 radical (unpaired) electrons. The Morgan fingerprint density at radius 3 is 2.59 bits per heavy atom. The minimum Gasteiger partial charge on any atom is -0.435 e. The van der Waals surface area contributed by atoms with Crippen LogP contribution < -0.4 is 15.4 Å². The number of aliphatic hydroxyl groups excluding tert-OH is 1. The fourth-order valence-electron chi connectivity index (χ4n) is 3.00. The summed E-state index contributed by atoms with van der Waals surface area (Å²) in [4.78, 5) is 4.35. The van der Waals surface area contributed by atoms with E-state index < -0.39 is 22.7 Å². The fourth-order valence-corrected chi connectivity index (χ4v) is 3.92. The number of ether oxygens (including phenoxy) is 1. The number of hydrogen-bond donors (Lipinski definition) is 3. The van der Waals surface area contributed by atoms with Crippen LogP contribution in [0.5, 0.6) is 5.75 Å². The second-order valence-corrected chi connectivity index (χ2v) is 8.82. The Morgan fingerprint density at radius 2 is 2.03 bits per heavy atom. The average molecular weight is 435 g/mol. The maximum Gasteiger partial charge on any atom is 0.387 e. The van der Waals surface area contributed by atoms with Crippen LogP contribution in [-0.4, -0.2) is 69.4 Å². The van der Waals surface area contributed by atoms with Gasteiger partial charge in [0.1, 0.15) is 5.75 Å².